The number of nitrogens with zero attached hydrogens (tertiary/aromatic N) is 3. The Balaban J connectivity index is 1.42. The summed E-state index contributed by atoms with van der Waals surface area (Å²) < 4.78 is 24.6. The number of fused-ring (bicyclic) bond motifs is 1. The fourth-order valence-electron chi connectivity index (χ4n) is 4.41. The molecule has 158 valence electrons. The third-order valence-electron chi connectivity index (χ3n) is 6.03. The lowest BCUT2D eigenvalue weighted by Crippen LogP contribution is -2.50. The fourth-order valence-corrected chi connectivity index (χ4v) is 5.33. The summed E-state index contributed by atoms with van der Waals surface area (Å²) in [7, 11) is 0. The lowest BCUT2D eigenvalue weighted by molar-refractivity contribution is 0.00460. The Labute approximate surface area is 179 Å². The van der Waals surface area contributed by atoms with E-state index < -0.39 is 0 Å². The second-order valence-electron chi connectivity index (χ2n) is 7.78. The van der Waals surface area contributed by atoms with Gasteiger partial charge < -0.3 is 14.8 Å². The smallest absolute Gasteiger partial charge is 0.138 e. The van der Waals surface area contributed by atoms with Crippen molar-refractivity contribution in [1.82, 2.24) is 14.9 Å². The van der Waals surface area contributed by atoms with Gasteiger partial charge in [0.1, 0.15) is 22.8 Å². The molecule has 0 radical (unpaired) electrons. The summed E-state index contributed by atoms with van der Waals surface area (Å²) in [6.45, 7) is 5.88. The second-order valence-corrected chi connectivity index (χ2v) is 8.64. The Hall–Kier alpha value is -2.13. The van der Waals surface area contributed by atoms with E-state index in [0.717, 1.165) is 79.6 Å². The summed E-state index contributed by atoms with van der Waals surface area (Å²) in [5.74, 6) is 1.10. The molecule has 2 aliphatic rings. The molecular formula is C22H25FN4O2S. The lowest BCUT2D eigenvalue weighted by atomic mass is 9.96. The minimum absolute atomic E-state index is 0.236. The van der Waals surface area contributed by atoms with E-state index in [-0.39, 0.29) is 5.82 Å². The molecule has 8 heteroatoms. The summed E-state index contributed by atoms with van der Waals surface area (Å²) in [6, 6.07) is 6.96. The van der Waals surface area contributed by atoms with Crippen LogP contribution in [0, 0.1) is 11.7 Å². The molecule has 2 aliphatic heterocycles. The largest absolute Gasteiger partial charge is 0.381 e. The van der Waals surface area contributed by atoms with Crippen LogP contribution in [0.2, 0.25) is 0 Å². The number of ether oxygens (including phenoxy) is 2. The van der Waals surface area contributed by atoms with Gasteiger partial charge in [0.2, 0.25) is 0 Å². The predicted octanol–water partition coefficient (Wildman–Crippen LogP) is 3.65. The van der Waals surface area contributed by atoms with E-state index >= 15 is 0 Å². The van der Waals surface area contributed by atoms with Gasteiger partial charge in [0, 0.05) is 49.1 Å². The molecule has 0 amide bonds. The van der Waals surface area contributed by atoms with Crippen molar-refractivity contribution in [1.29, 1.82) is 0 Å². The maximum absolute atomic E-state index is 13.4. The summed E-state index contributed by atoms with van der Waals surface area (Å²) in [5.41, 5.74) is 2.00. The van der Waals surface area contributed by atoms with Crippen molar-refractivity contribution in [2.75, 3.05) is 51.4 Å². The lowest BCUT2D eigenvalue weighted by Gasteiger charge is -2.37. The number of thiophene rings is 1. The highest BCUT2D eigenvalue weighted by atomic mass is 32.1. The highest BCUT2D eigenvalue weighted by molar-refractivity contribution is 7.17. The third-order valence-corrected chi connectivity index (χ3v) is 6.91. The monoisotopic (exact) mass is 428 g/mol. The minimum atomic E-state index is -0.236. The number of hydrogen-bond donors (Lipinski definition) is 1. The number of aromatic nitrogens is 2. The van der Waals surface area contributed by atoms with Gasteiger partial charge in [-0.15, -0.1) is 11.3 Å². The molecule has 2 fully saturated rings. The second kappa shape index (κ2) is 8.93. The molecule has 1 N–H and O–H groups in total. The van der Waals surface area contributed by atoms with Crippen LogP contribution in [0.15, 0.2) is 36.0 Å². The van der Waals surface area contributed by atoms with Crippen LogP contribution in [0.3, 0.4) is 0 Å². The van der Waals surface area contributed by atoms with Crippen LogP contribution in [0.25, 0.3) is 21.3 Å². The fraction of sp³-hybridized carbons (Fsp3) is 0.455. The number of morpholine rings is 1. The predicted molar refractivity (Wildman–Crippen MR) is 116 cm³/mol. The van der Waals surface area contributed by atoms with Gasteiger partial charge in [0.05, 0.1) is 25.2 Å². The molecule has 2 saturated heterocycles. The molecule has 3 aromatic rings. The summed E-state index contributed by atoms with van der Waals surface area (Å²) in [4.78, 5) is 12.5. The van der Waals surface area contributed by atoms with Crippen LogP contribution in [0.4, 0.5) is 10.2 Å². The molecule has 0 aliphatic carbocycles. The third kappa shape index (κ3) is 4.05. The molecule has 0 spiro atoms. The Morgan fingerprint density at radius 2 is 1.97 bits per heavy atom. The Kier molecular flexibility index (Phi) is 5.90. The summed E-state index contributed by atoms with van der Waals surface area (Å²) in [5, 5.41) is 6.68. The molecule has 2 atom stereocenters. The van der Waals surface area contributed by atoms with E-state index in [1.165, 1.54) is 12.1 Å². The van der Waals surface area contributed by atoms with Gasteiger partial charge in [0.15, 0.2) is 0 Å². The number of anilines is 1. The maximum atomic E-state index is 13.4. The zero-order chi connectivity index (χ0) is 20.3. The molecular weight excluding hydrogens is 403 g/mol. The van der Waals surface area contributed by atoms with E-state index in [4.69, 9.17) is 9.47 Å². The molecule has 0 bridgehead atoms. The zero-order valence-corrected chi connectivity index (χ0v) is 17.5. The normalized spacial score (nSPS) is 21.2. The van der Waals surface area contributed by atoms with Crippen LogP contribution >= 0.6 is 11.3 Å². The van der Waals surface area contributed by atoms with Crippen molar-refractivity contribution < 1.29 is 13.9 Å². The molecule has 0 unspecified atom stereocenters. The number of benzene rings is 1. The Bertz CT molecular complexity index is 984. The first kappa shape index (κ1) is 19.8. The minimum Gasteiger partial charge on any atom is -0.381 e. The number of rotatable bonds is 6. The summed E-state index contributed by atoms with van der Waals surface area (Å²) >= 11 is 1.58. The van der Waals surface area contributed by atoms with Crippen molar-refractivity contribution >= 4 is 27.4 Å². The molecule has 1 aromatic carbocycles. The maximum Gasteiger partial charge on any atom is 0.138 e. The molecule has 0 saturated carbocycles. The van der Waals surface area contributed by atoms with E-state index in [1.807, 2.05) is 0 Å². The average Bonchev–Trinajstić information content (AvgIpc) is 3.46. The SMILES string of the molecule is Fc1ccc(-c2csc3ncnc(NC[C@H]([C@H]4CCOC4)N4CCOCC4)c23)cc1. The van der Waals surface area contributed by atoms with Gasteiger partial charge >= 0.3 is 0 Å². The first-order valence-electron chi connectivity index (χ1n) is 10.4. The van der Waals surface area contributed by atoms with E-state index in [1.54, 1.807) is 29.8 Å². The van der Waals surface area contributed by atoms with Gasteiger partial charge in [-0.05, 0) is 24.1 Å². The molecule has 2 aromatic heterocycles. The van der Waals surface area contributed by atoms with E-state index in [2.05, 4.69) is 25.6 Å². The first-order chi connectivity index (χ1) is 14.8. The van der Waals surface area contributed by atoms with E-state index in [9.17, 15) is 4.39 Å². The highest BCUT2D eigenvalue weighted by Gasteiger charge is 2.31. The van der Waals surface area contributed by atoms with Gasteiger partial charge in [-0.25, -0.2) is 14.4 Å². The van der Waals surface area contributed by atoms with Crippen LogP contribution in [0.1, 0.15) is 6.42 Å². The Morgan fingerprint density at radius 3 is 2.73 bits per heavy atom. The van der Waals surface area contributed by atoms with Crippen LogP contribution < -0.4 is 5.32 Å². The highest BCUT2D eigenvalue weighted by Crippen LogP contribution is 2.36. The molecule has 6 nitrogen and oxygen atoms in total. The number of halogens is 1. The standard InChI is InChI=1S/C22H25FN4O2S/c23-17-3-1-15(2-4-17)18-13-30-22-20(18)21(25-14-26-22)24-11-19(16-5-8-29-12-16)27-6-9-28-10-7-27/h1-4,13-14,16,19H,5-12H2,(H,24,25,26)/t16-,19+/m0/s1. The number of nitrogens with one attached hydrogen (secondary N) is 1. The van der Waals surface area contributed by atoms with Crippen LogP contribution in [0.5, 0.6) is 0 Å². The molecule has 30 heavy (non-hydrogen) atoms. The average molecular weight is 429 g/mol. The molecule has 5 rings (SSSR count). The zero-order valence-electron chi connectivity index (χ0n) is 16.7. The van der Waals surface area contributed by atoms with Gasteiger partial charge in [-0.2, -0.15) is 0 Å². The topological polar surface area (TPSA) is 59.5 Å². The molecule has 4 heterocycles. The quantitative estimate of drug-likeness (QED) is 0.647. The van der Waals surface area contributed by atoms with E-state index in [0.29, 0.717) is 12.0 Å². The Morgan fingerprint density at radius 1 is 1.13 bits per heavy atom. The first-order valence-corrected chi connectivity index (χ1v) is 11.3. The number of hydrogen-bond acceptors (Lipinski definition) is 7. The summed E-state index contributed by atoms with van der Waals surface area (Å²) in [6.07, 6.45) is 2.69. The van der Waals surface area contributed by atoms with Crippen molar-refractivity contribution in [2.24, 2.45) is 5.92 Å². The van der Waals surface area contributed by atoms with Crippen LogP contribution in [-0.2, 0) is 9.47 Å². The van der Waals surface area contributed by atoms with Crippen molar-refractivity contribution in [2.45, 2.75) is 12.5 Å². The van der Waals surface area contributed by atoms with Gasteiger partial charge in [-0.3, -0.25) is 4.90 Å². The van der Waals surface area contributed by atoms with Crippen molar-refractivity contribution in [3.8, 4) is 11.1 Å². The van der Waals surface area contributed by atoms with Crippen molar-refractivity contribution in [3.63, 3.8) is 0 Å². The van der Waals surface area contributed by atoms with Gasteiger partial charge in [-0.1, -0.05) is 12.1 Å². The van der Waals surface area contributed by atoms with Crippen molar-refractivity contribution in [3.05, 3.63) is 41.8 Å². The van der Waals surface area contributed by atoms with Gasteiger partial charge in [0.25, 0.3) is 0 Å². The van der Waals surface area contributed by atoms with Crippen LogP contribution in [-0.4, -0.2) is 67.0 Å².